The molecule has 1 N–H and O–H groups in total. The molecule has 0 atom stereocenters. The van der Waals surface area contributed by atoms with Crippen LogP contribution in [0.3, 0.4) is 0 Å². The lowest BCUT2D eigenvalue weighted by atomic mass is 10.2. The van der Waals surface area contributed by atoms with Crippen molar-refractivity contribution in [2.45, 2.75) is 13.8 Å². The predicted molar refractivity (Wildman–Crippen MR) is 95.2 cm³/mol. The molecule has 5 nitrogen and oxygen atoms in total. The summed E-state index contributed by atoms with van der Waals surface area (Å²) in [5, 5.41) is 4.18. The first kappa shape index (κ1) is 15.1. The smallest absolute Gasteiger partial charge is 0.316 e. The third-order valence-electron chi connectivity index (χ3n) is 3.69. The fourth-order valence-electron chi connectivity index (χ4n) is 2.44. The van der Waals surface area contributed by atoms with Gasteiger partial charge < -0.3 is 9.32 Å². The van der Waals surface area contributed by atoms with Crippen molar-refractivity contribution in [2.24, 2.45) is 5.10 Å². The van der Waals surface area contributed by atoms with Gasteiger partial charge in [-0.15, -0.1) is 0 Å². The molecular formula is C18H20N4O. The molecule has 0 aliphatic rings. The Morgan fingerprint density at radius 2 is 1.83 bits per heavy atom. The Kier molecular flexibility index (Phi) is 4.57. The topological polar surface area (TPSA) is 53.7 Å². The summed E-state index contributed by atoms with van der Waals surface area (Å²) in [7, 11) is 0. The number of fused-ring (bicyclic) bond motifs is 1. The van der Waals surface area contributed by atoms with Crippen LogP contribution in [0.4, 0.5) is 11.7 Å². The number of oxazole rings is 1. The number of benzene rings is 2. The van der Waals surface area contributed by atoms with Crippen LogP contribution in [0.1, 0.15) is 19.4 Å². The van der Waals surface area contributed by atoms with E-state index in [-0.39, 0.29) is 0 Å². The summed E-state index contributed by atoms with van der Waals surface area (Å²) in [4.78, 5) is 6.61. The molecule has 0 aliphatic heterocycles. The third kappa shape index (κ3) is 3.51. The Hall–Kier alpha value is -2.82. The molecule has 5 heteroatoms. The SMILES string of the molecule is CCN(CC)c1ccc(/C=N/Nc2nc3ccccc3o2)cc1. The minimum Gasteiger partial charge on any atom is -0.422 e. The number of hydrogen-bond acceptors (Lipinski definition) is 5. The van der Waals surface area contributed by atoms with E-state index in [0.29, 0.717) is 6.01 Å². The summed E-state index contributed by atoms with van der Waals surface area (Å²) >= 11 is 0. The molecule has 1 heterocycles. The molecule has 3 aromatic rings. The normalized spacial score (nSPS) is 11.2. The fraction of sp³-hybridized carbons (Fsp3) is 0.222. The molecule has 0 unspecified atom stereocenters. The molecule has 0 bridgehead atoms. The number of hydrazone groups is 1. The van der Waals surface area contributed by atoms with E-state index in [1.165, 1.54) is 5.69 Å². The van der Waals surface area contributed by atoms with E-state index in [4.69, 9.17) is 4.42 Å². The lowest BCUT2D eigenvalue weighted by molar-refractivity contribution is 0.617. The maximum atomic E-state index is 5.54. The van der Waals surface area contributed by atoms with Gasteiger partial charge >= 0.3 is 6.01 Å². The van der Waals surface area contributed by atoms with Crippen molar-refractivity contribution in [3.63, 3.8) is 0 Å². The molecule has 0 radical (unpaired) electrons. The van der Waals surface area contributed by atoms with E-state index in [0.717, 1.165) is 29.8 Å². The zero-order chi connectivity index (χ0) is 16.1. The average Bonchev–Trinajstić information content (AvgIpc) is 3.00. The van der Waals surface area contributed by atoms with Crippen LogP contribution in [0.5, 0.6) is 0 Å². The van der Waals surface area contributed by atoms with Crippen LogP contribution < -0.4 is 10.3 Å². The van der Waals surface area contributed by atoms with E-state index in [1.807, 2.05) is 36.4 Å². The van der Waals surface area contributed by atoms with Crippen LogP contribution in [0.2, 0.25) is 0 Å². The summed E-state index contributed by atoms with van der Waals surface area (Å²) in [5.74, 6) is 0. The summed E-state index contributed by atoms with van der Waals surface area (Å²) < 4.78 is 5.54. The number of aromatic nitrogens is 1. The van der Waals surface area contributed by atoms with Gasteiger partial charge in [-0.05, 0) is 43.7 Å². The molecule has 118 valence electrons. The first-order valence-corrected chi connectivity index (χ1v) is 7.79. The second kappa shape index (κ2) is 6.96. The first-order valence-electron chi connectivity index (χ1n) is 7.79. The van der Waals surface area contributed by atoms with E-state index in [9.17, 15) is 0 Å². The van der Waals surface area contributed by atoms with Crippen LogP contribution in [0, 0.1) is 0 Å². The monoisotopic (exact) mass is 308 g/mol. The highest BCUT2D eigenvalue weighted by atomic mass is 16.4. The Balaban J connectivity index is 1.65. The summed E-state index contributed by atoms with van der Waals surface area (Å²) in [5.41, 5.74) is 6.62. The van der Waals surface area contributed by atoms with Crippen LogP contribution >= 0.6 is 0 Å². The lowest BCUT2D eigenvalue weighted by Crippen LogP contribution is -2.21. The van der Waals surface area contributed by atoms with Gasteiger partial charge in [0.25, 0.3) is 0 Å². The van der Waals surface area contributed by atoms with Crippen molar-refractivity contribution in [1.82, 2.24) is 4.98 Å². The van der Waals surface area contributed by atoms with Crippen LogP contribution in [-0.2, 0) is 0 Å². The van der Waals surface area contributed by atoms with E-state index in [1.54, 1.807) is 6.21 Å². The Morgan fingerprint density at radius 3 is 2.52 bits per heavy atom. The van der Waals surface area contributed by atoms with Crippen LogP contribution in [0.25, 0.3) is 11.1 Å². The van der Waals surface area contributed by atoms with Gasteiger partial charge in [0.05, 0.1) is 6.21 Å². The molecule has 0 saturated heterocycles. The average molecular weight is 308 g/mol. The number of rotatable bonds is 6. The Labute approximate surface area is 135 Å². The van der Waals surface area contributed by atoms with Gasteiger partial charge in [0, 0.05) is 18.8 Å². The van der Waals surface area contributed by atoms with Crippen LogP contribution in [0.15, 0.2) is 58.0 Å². The third-order valence-corrected chi connectivity index (χ3v) is 3.69. The van der Waals surface area contributed by atoms with E-state index >= 15 is 0 Å². The molecule has 0 amide bonds. The quantitative estimate of drug-likeness (QED) is 0.550. The van der Waals surface area contributed by atoms with Crippen molar-refractivity contribution in [3.8, 4) is 0 Å². The molecule has 3 rings (SSSR count). The molecular weight excluding hydrogens is 288 g/mol. The van der Waals surface area contributed by atoms with Crippen molar-refractivity contribution in [2.75, 3.05) is 23.4 Å². The largest absolute Gasteiger partial charge is 0.422 e. The maximum absolute atomic E-state index is 5.54. The number of hydrogen-bond donors (Lipinski definition) is 1. The molecule has 2 aromatic carbocycles. The second-order valence-corrected chi connectivity index (χ2v) is 5.12. The minimum absolute atomic E-state index is 0.391. The zero-order valence-electron chi connectivity index (χ0n) is 13.4. The standard InChI is InChI=1S/C18H20N4O/c1-3-22(4-2)15-11-9-14(10-12-15)13-19-21-18-20-16-7-5-6-8-17(16)23-18/h5-13H,3-4H2,1-2H3,(H,20,21)/b19-13+. The van der Waals surface area contributed by atoms with Gasteiger partial charge in [0.2, 0.25) is 0 Å². The number of nitrogens with zero attached hydrogens (tertiary/aromatic N) is 3. The molecule has 0 saturated carbocycles. The maximum Gasteiger partial charge on any atom is 0.316 e. The molecule has 0 fully saturated rings. The van der Waals surface area contributed by atoms with Crippen molar-refractivity contribution < 1.29 is 4.42 Å². The number of para-hydroxylation sites is 2. The molecule has 23 heavy (non-hydrogen) atoms. The fourth-order valence-corrected chi connectivity index (χ4v) is 2.44. The van der Waals surface area contributed by atoms with E-state index in [2.05, 4.69) is 46.4 Å². The second-order valence-electron chi connectivity index (χ2n) is 5.12. The van der Waals surface area contributed by atoms with Crippen molar-refractivity contribution in [3.05, 3.63) is 54.1 Å². The van der Waals surface area contributed by atoms with Gasteiger partial charge in [0.1, 0.15) is 5.52 Å². The van der Waals surface area contributed by atoms with Crippen molar-refractivity contribution >= 4 is 29.0 Å². The highest BCUT2D eigenvalue weighted by Crippen LogP contribution is 2.18. The summed E-state index contributed by atoms with van der Waals surface area (Å²) in [6, 6.07) is 16.3. The predicted octanol–water partition coefficient (Wildman–Crippen LogP) is 4.12. The summed E-state index contributed by atoms with van der Waals surface area (Å²) in [6.45, 7) is 6.32. The zero-order valence-corrected chi connectivity index (χ0v) is 13.4. The van der Waals surface area contributed by atoms with Gasteiger partial charge in [-0.25, -0.2) is 5.43 Å². The van der Waals surface area contributed by atoms with Gasteiger partial charge in [-0.2, -0.15) is 10.1 Å². The number of anilines is 2. The lowest BCUT2D eigenvalue weighted by Gasteiger charge is -2.20. The van der Waals surface area contributed by atoms with E-state index < -0.39 is 0 Å². The van der Waals surface area contributed by atoms with Crippen LogP contribution in [-0.4, -0.2) is 24.3 Å². The Morgan fingerprint density at radius 1 is 1.09 bits per heavy atom. The Bertz CT molecular complexity index is 755. The number of nitrogens with one attached hydrogen (secondary N) is 1. The minimum atomic E-state index is 0.391. The summed E-state index contributed by atoms with van der Waals surface area (Å²) in [6.07, 6.45) is 1.75. The highest BCUT2D eigenvalue weighted by molar-refractivity contribution is 5.81. The molecule has 0 spiro atoms. The van der Waals surface area contributed by atoms with Gasteiger partial charge in [-0.1, -0.05) is 24.3 Å². The van der Waals surface area contributed by atoms with Gasteiger partial charge in [-0.3, -0.25) is 0 Å². The van der Waals surface area contributed by atoms with Crippen molar-refractivity contribution in [1.29, 1.82) is 0 Å². The van der Waals surface area contributed by atoms with Gasteiger partial charge in [0.15, 0.2) is 5.58 Å². The first-order chi connectivity index (χ1) is 11.3. The molecule has 1 aromatic heterocycles. The molecule has 0 aliphatic carbocycles. The highest BCUT2D eigenvalue weighted by Gasteiger charge is 2.03.